The van der Waals surface area contributed by atoms with E-state index < -0.39 is 0 Å². The minimum absolute atomic E-state index is 0.0466. The number of amides is 2. The molecule has 0 saturated carbocycles. The van der Waals surface area contributed by atoms with Crippen molar-refractivity contribution in [3.63, 3.8) is 0 Å². The molecular formula is C19H25N3O4S. The van der Waals surface area contributed by atoms with Gasteiger partial charge in [0.1, 0.15) is 12.2 Å². The van der Waals surface area contributed by atoms with Crippen LogP contribution in [0.15, 0.2) is 18.3 Å². The molecule has 1 aromatic rings. The number of ether oxygens (including phenoxy) is 2. The number of aromatic nitrogens is 1. The summed E-state index contributed by atoms with van der Waals surface area (Å²) in [5, 5.41) is 0. The summed E-state index contributed by atoms with van der Waals surface area (Å²) >= 11 is 1.89. The molecule has 3 aliphatic rings. The molecule has 0 bridgehead atoms. The third-order valence-corrected chi connectivity index (χ3v) is 6.37. The molecule has 3 saturated heterocycles. The number of thioether (sulfide) groups is 1. The number of piperazine rings is 1. The third kappa shape index (κ3) is 4.38. The zero-order chi connectivity index (χ0) is 18.6. The van der Waals surface area contributed by atoms with Crippen LogP contribution in [-0.4, -0.2) is 83.1 Å². The number of nitrogens with zero attached hydrogens (tertiary/aromatic N) is 3. The van der Waals surface area contributed by atoms with Gasteiger partial charge in [-0.15, -0.1) is 0 Å². The van der Waals surface area contributed by atoms with E-state index in [0.29, 0.717) is 44.2 Å². The average Bonchev–Trinajstić information content (AvgIpc) is 3.42. The van der Waals surface area contributed by atoms with Crippen LogP contribution in [0.3, 0.4) is 0 Å². The molecule has 4 rings (SSSR count). The minimum Gasteiger partial charge on any atom is -0.473 e. The van der Waals surface area contributed by atoms with Crippen molar-refractivity contribution in [2.24, 2.45) is 0 Å². The van der Waals surface area contributed by atoms with Gasteiger partial charge in [0.15, 0.2) is 0 Å². The molecular weight excluding hydrogens is 366 g/mol. The number of carbonyl (C=O) groups is 2. The Kier molecular flexibility index (Phi) is 5.83. The standard InChI is InChI=1S/C19H25N3O4S/c23-18(14-3-4-17(20-12-14)26-15-5-11-27-13-15)21-6-8-22(9-7-21)19(24)16-2-1-10-25-16/h3-4,12,15-16H,1-2,5-11,13H2. The highest BCUT2D eigenvalue weighted by molar-refractivity contribution is 7.99. The molecule has 27 heavy (non-hydrogen) atoms. The van der Waals surface area contributed by atoms with Gasteiger partial charge in [-0.1, -0.05) is 0 Å². The Morgan fingerprint density at radius 1 is 1.15 bits per heavy atom. The van der Waals surface area contributed by atoms with Crippen molar-refractivity contribution in [2.75, 3.05) is 44.3 Å². The fourth-order valence-corrected chi connectivity index (χ4v) is 4.74. The highest BCUT2D eigenvalue weighted by Crippen LogP contribution is 2.22. The van der Waals surface area contributed by atoms with Gasteiger partial charge in [-0.05, 0) is 31.1 Å². The molecule has 2 atom stereocenters. The number of hydrogen-bond donors (Lipinski definition) is 0. The second-order valence-electron chi connectivity index (χ2n) is 7.11. The van der Waals surface area contributed by atoms with Gasteiger partial charge >= 0.3 is 0 Å². The van der Waals surface area contributed by atoms with Crippen LogP contribution in [0.5, 0.6) is 5.88 Å². The van der Waals surface area contributed by atoms with E-state index in [9.17, 15) is 9.59 Å². The van der Waals surface area contributed by atoms with Crippen molar-refractivity contribution in [1.29, 1.82) is 0 Å². The molecule has 7 nitrogen and oxygen atoms in total. The van der Waals surface area contributed by atoms with Gasteiger partial charge in [0.05, 0.1) is 5.56 Å². The smallest absolute Gasteiger partial charge is 0.255 e. The lowest BCUT2D eigenvalue weighted by Gasteiger charge is -2.35. The van der Waals surface area contributed by atoms with Crippen molar-refractivity contribution in [1.82, 2.24) is 14.8 Å². The summed E-state index contributed by atoms with van der Waals surface area (Å²) in [5.74, 6) is 2.72. The van der Waals surface area contributed by atoms with Crippen LogP contribution < -0.4 is 4.74 Å². The lowest BCUT2D eigenvalue weighted by Crippen LogP contribution is -2.52. The Hall–Kier alpha value is -1.80. The van der Waals surface area contributed by atoms with Gasteiger partial charge < -0.3 is 19.3 Å². The Labute approximate surface area is 163 Å². The summed E-state index contributed by atoms with van der Waals surface area (Å²) in [4.78, 5) is 33.0. The number of hydrogen-bond acceptors (Lipinski definition) is 6. The van der Waals surface area contributed by atoms with Crippen LogP contribution in [0.4, 0.5) is 0 Å². The minimum atomic E-state index is -0.290. The molecule has 0 aromatic carbocycles. The first kappa shape index (κ1) is 18.6. The van der Waals surface area contributed by atoms with E-state index >= 15 is 0 Å². The van der Waals surface area contributed by atoms with E-state index in [2.05, 4.69) is 4.98 Å². The van der Waals surface area contributed by atoms with Crippen LogP contribution in [0, 0.1) is 0 Å². The number of carbonyl (C=O) groups excluding carboxylic acids is 2. The van der Waals surface area contributed by atoms with Crippen LogP contribution in [0.25, 0.3) is 0 Å². The molecule has 0 radical (unpaired) electrons. The van der Waals surface area contributed by atoms with Crippen molar-refractivity contribution in [2.45, 2.75) is 31.5 Å². The molecule has 1 aromatic heterocycles. The van der Waals surface area contributed by atoms with Gasteiger partial charge in [-0.3, -0.25) is 9.59 Å². The van der Waals surface area contributed by atoms with Crippen LogP contribution >= 0.6 is 11.8 Å². The van der Waals surface area contributed by atoms with E-state index in [1.807, 2.05) is 16.7 Å². The van der Waals surface area contributed by atoms with Gasteiger partial charge in [0.2, 0.25) is 5.88 Å². The van der Waals surface area contributed by atoms with Gasteiger partial charge in [-0.2, -0.15) is 11.8 Å². The summed E-state index contributed by atoms with van der Waals surface area (Å²) in [6.07, 6.45) is 4.31. The predicted octanol–water partition coefficient (Wildman–Crippen LogP) is 1.43. The van der Waals surface area contributed by atoms with Gasteiger partial charge in [0.25, 0.3) is 11.8 Å². The summed E-state index contributed by atoms with van der Waals surface area (Å²) in [5.41, 5.74) is 0.557. The second kappa shape index (κ2) is 8.48. The Morgan fingerprint density at radius 3 is 2.59 bits per heavy atom. The van der Waals surface area contributed by atoms with Crippen molar-refractivity contribution in [3.05, 3.63) is 23.9 Å². The summed E-state index contributed by atoms with van der Waals surface area (Å²) < 4.78 is 11.3. The second-order valence-corrected chi connectivity index (χ2v) is 8.26. The summed E-state index contributed by atoms with van der Waals surface area (Å²) in [6, 6.07) is 3.55. The number of rotatable bonds is 4. The molecule has 3 fully saturated rings. The van der Waals surface area contributed by atoms with Gasteiger partial charge in [-0.25, -0.2) is 4.98 Å². The van der Waals surface area contributed by atoms with E-state index in [0.717, 1.165) is 30.8 Å². The molecule has 3 aliphatic heterocycles. The lowest BCUT2D eigenvalue weighted by atomic mass is 10.2. The Morgan fingerprint density at radius 2 is 1.96 bits per heavy atom. The van der Waals surface area contributed by atoms with Crippen molar-refractivity contribution < 1.29 is 19.1 Å². The summed E-state index contributed by atoms with van der Waals surface area (Å²) in [7, 11) is 0. The maximum absolute atomic E-state index is 12.7. The molecule has 0 N–H and O–H groups in total. The fourth-order valence-electron chi connectivity index (χ4n) is 3.64. The number of pyridine rings is 1. The lowest BCUT2D eigenvalue weighted by molar-refractivity contribution is -0.142. The maximum Gasteiger partial charge on any atom is 0.255 e. The normalized spacial score (nSPS) is 25.6. The SMILES string of the molecule is O=C(c1ccc(OC2CCSC2)nc1)N1CCN(C(=O)C2CCCO2)CC1. The topological polar surface area (TPSA) is 72.0 Å². The quantitative estimate of drug-likeness (QED) is 0.773. The van der Waals surface area contributed by atoms with Crippen LogP contribution in [-0.2, 0) is 9.53 Å². The molecule has 0 spiro atoms. The summed E-state index contributed by atoms with van der Waals surface area (Å²) in [6.45, 7) is 2.85. The first-order valence-corrected chi connectivity index (χ1v) is 10.8. The van der Waals surface area contributed by atoms with E-state index in [-0.39, 0.29) is 24.0 Å². The highest BCUT2D eigenvalue weighted by atomic mass is 32.2. The van der Waals surface area contributed by atoms with Crippen LogP contribution in [0.2, 0.25) is 0 Å². The predicted molar refractivity (Wildman–Crippen MR) is 102 cm³/mol. The molecule has 8 heteroatoms. The third-order valence-electron chi connectivity index (χ3n) is 5.24. The largest absolute Gasteiger partial charge is 0.473 e. The zero-order valence-electron chi connectivity index (χ0n) is 15.3. The Bertz CT molecular complexity index is 664. The monoisotopic (exact) mass is 391 g/mol. The van der Waals surface area contributed by atoms with Crippen molar-refractivity contribution >= 4 is 23.6 Å². The zero-order valence-corrected chi connectivity index (χ0v) is 16.2. The maximum atomic E-state index is 12.7. The first-order valence-electron chi connectivity index (χ1n) is 9.61. The molecule has 2 amide bonds. The first-order chi connectivity index (χ1) is 13.2. The molecule has 2 unspecified atom stereocenters. The Balaban J connectivity index is 1.29. The van der Waals surface area contributed by atoms with Crippen molar-refractivity contribution in [3.8, 4) is 5.88 Å². The van der Waals surface area contributed by atoms with E-state index in [4.69, 9.17) is 9.47 Å². The average molecular weight is 391 g/mol. The molecule has 4 heterocycles. The highest BCUT2D eigenvalue weighted by Gasteiger charge is 2.31. The fraction of sp³-hybridized carbons (Fsp3) is 0.632. The van der Waals surface area contributed by atoms with Crippen LogP contribution in [0.1, 0.15) is 29.6 Å². The van der Waals surface area contributed by atoms with Gasteiger partial charge in [0, 0.05) is 50.8 Å². The van der Waals surface area contributed by atoms with E-state index in [1.165, 1.54) is 0 Å². The molecule has 0 aliphatic carbocycles. The van der Waals surface area contributed by atoms with E-state index in [1.54, 1.807) is 23.2 Å². The molecule has 146 valence electrons.